The van der Waals surface area contributed by atoms with E-state index in [9.17, 15) is 14.4 Å². The number of carbonyl (C=O) groups is 3. The van der Waals surface area contributed by atoms with Crippen molar-refractivity contribution in [1.82, 2.24) is 5.32 Å². The molecule has 0 saturated carbocycles. The van der Waals surface area contributed by atoms with Gasteiger partial charge in [-0.15, -0.1) is 0 Å². The molecular weight excluding hydrogens is 296 g/mol. The maximum atomic E-state index is 12.2. The number of hydrogen-bond acceptors (Lipinski definition) is 4. The molecule has 0 heterocycles. The molecule has 0 aliphatic rings. The minimum Gasteiger partial charge on any atom is -0.466 e. The highest BCUT2D eigenvalue weighted by Crippen LogP contribution is 2.22. The highest BCUT2D eigenvalue weighted by atomic mass is 16.5. The largest absolute Gasteiger partial charge is 0.466 e. The van der Waals surface area contributed by atoms with Gasteiger partial charge in [0.1, 0.15) is 6.04 Å². The molecule has 1 rings (SSSR count). The minimum atomic E-state index is -1.09. The smallest absolute Gasteiger partial charge is 0.308 e. The minimum absolute atomic E-state index is 0.0192. The van der Waals surface area contributed by atoms with Gasteiger partial charge in [-0.2, -0.15) is 0 Å². The van der Waals surface area contributed by atoms with Crippen LogP contribution in [0, 0.1) is 0 Å². The van der Waals surface area contributed by atoms with E-state index < -0.39 is 23.8 Å². The van der Waals surface area contributed by atoms with Gasteiger partial charge in [0.15, 0.2) is 0 Å². The zero-order valence-electron chi connectivity index (χ0n) is 14.0. The summed E-state index contributed by atoms with van der Waals surface area (Å²) in [6, 6.07) is 5.99. The average molecular weight is 320 g/mol. The lowest BCUT2D eigenvalue weighted by Gasteiger charge is -2.19. The number of benzene rings is 1. The van der Waals surface area contributed by atoms with Gasteiger partial charge in [-0.1, -0.05) is 32.9 Å². The van der Waals surface area contributed by atoms with Crippen LogP contribution >= 0.6 is 0 Å². The van der Waals surface area contributed by atoms with Gasteiger partial charge in [-0.05, 0) is 30.0 Å². The lowest BCUT2D eigenvalue weighted by Crippen LogP contribution is -2.45. The van der Waals surface area contributed by atoms with Crippen molar-refractivity contribution in [1.29, 1.82) is 0 Å². The Labute approximate surface area is 136 Å². The number of ether oxygens (including phenoxy) is 1. The monoisotopic (exact) mass is 320 g/mol. The molecule has 3 N–H and O–H groups in total. The number of nitrogens with one attached hydrogen (secondary N) is 1. The van der Waals surface area contributed by atoms with Crippen molar-refractivity contribution in [2.75, 3.05) is 6.61 Å². The topological polar surface area (TPSA) is 98.5 Å². The van der Waals surface area contributed by atoms with Crippen LogP contribution in [-0.2, 0) is 19.7 Å². The van der Waals surface area contributed by atoms with E-state index in [1.54, 1.807) is 19.1 Å². The molecule has 0 unspecified atom stereocenters. The van der Waals surface area contributed by atoms with E-state index in [0.29, 0.717) is 5.56 Å². The van der Waals surface area contributed by atoms with E-state index >= 15 is 0 Å². The molecule has 1 aromatic rings. The van der Waals surface area contributed by atoms with Gasteiger partial charge >= 0.3 is 5.97 Å². The van der Waals surface area contributed by atoms with E-state index in [2.05, 4.69) is 26.1 Å². The highest BCUT2D eigenvalue weighted by molar-refractivity contribution is 5.98. The molecule has 126 valence electrons. The SMILES string of the molecule is CCOC(=O)C[C@H](NC(=O)c1ccc(C(C)(C)C)cc1)C(N)=O. The third kappa shape index (κ3) is 5.73. The van der Waals surface area contributed by atoms with Gasteiger partial charge in [0.2, 0.25) is 5.91 Å². The lowest BCUT2D eigenvalue weighted by atomic mass is 9.86. The fourth-order valence-corrected chi connectivity index (χ4v) is 1.97. The van der Waals surface area contributed by atoms with Crippen LogP contribution < -0.4 is 11.1 Å². The summed E-state index contributed by atoms with van der Waals surface area (Å²) in [4.78, 5) is 35.0. The second-order valence-corrected chi connectivity index (χ2v) is 6.26. The number of carbonyl (C=O) groups excluding carboxylic acids is 3. The summed E-state index contributed by atoms with van der Waals surface area (Å²) in [7, 11) is 0. The fraction of sp³-hybridized carbons (Fsp3) is 0.471. The molecule has 0 bridgehead atoms. The summed E-state index contributed by atoms with van der Waals surface area (Å²) in [5.74, 6) is -1.82. The molecule has 0 saturated heterocycles. The van der Waals surface area contributed by atoms with E-state index in [-0.39, 0.29) is 18.4 Å². The van der Waals surface area contributed by atoms with Crippen LogP contribution in [0.2, 0.25) is 0 Å². The van der Waals surface area contributed by atoms with Crippen molar-refractivity contribution in [3.8, 4) is 0 Å². The molecular formula is C17H24N2O4. The molecule has 0 aromatic heterocycles. The summed E-state index contributed by atoms with van der Waals surface area (Å²) in [5, 5.41) is 2.47. The van der Waals surface area contributed by atoms with E-state index in [1.807, 2.05) is 12.1 Å². The number of nitrogens with two attached hydrogens (primary N) is 1. The molecule has 2 amide bonds. The fourth-order valence-electron chi connectivity index (χ4n) is 1.97. The molecule has 6 heteroatoms. The Kier molecular flexibility index (Phi) is 6.30. The maximum Gasteiger partial charge on any atom is 0.308 e. The summed E-state index contributed by atoms with van der Waals surface area (Å²) in [5.41, 5.74) is 6.69. The molecule has 0 radical (unpaired) electrons. The van der Waals surface area contributed by atoms with Gasteiger partial charge in [0.05, 0.1) is 13.0 Å². The predicted molar refractivity (Wildman–Crippen MR) is 86.8 cm³/mol. The van der Waals surface area contributed by atoms with Crippen molar-refractivity contribution >= 4 is 17.8 Å². The van der Waals surface area contributed by atoms with Crippen molar-refractivity contribution < 1.29 is 19.1 Å². The molecule has 23 heavy (non-hydrogen) atoms. The number of hydrogen-bond donors (Lipinski definition) is 2. The maximum absolute atomic E-state index is 12.2. The first kappa shape index (κ1) is 18.7. The average Bonchev–Trinajstić information content (AvgIpc) is 2.45. The van der Waals surface area contributed by atoms with E-state index in [1.165, 1.54) is 0 Å². The van der Waals surface area contributed by atoms with Gasteiger partial charge in [-0.3, -0.25) is 14.4 Å². The van der Waals surface area contributed by atoms with Crippen LogP contribution in [0.15, 0.2) is 24.3 Å². The van der Waals surface area contributed by atoms with Crippen molar-refractivity contribution in [3.05, 3.63) is 35.4 Å². The summed E-state index contributed by atoms with van der Waals surface area (Å²) < 4.78 is 4.76. The Morgan fingerprint density at radius 1 is 1.17 bits per heavy atom. The van der Waals surface area contributed by atoms with Gasteiger partial charge in [0, 0.05) is 5.56 Å². The summed E-state index contributed by atoms with van der Waals surface area (Å²) in [6.45, 7) is 8.08. The Hall–Kier alpha value is -2.37. The van der Waals surface area contributed by atoms with Crippen LogP contribution in [0.4, 0.5) is 0 Å². The molecule has 6 nitrogen and oxygen atoms in total. The van der Waals surface area contributed by atoms with Crippen LogP contribution in [-0.4, -0.2) is 30.4 Å². The third-order valence-corrected chi connectivity index (χ3v) is 3.34. The van der Waals surface area contributed by atoms with Crippen molar-refractivity contribution in [3.63, 3.8) is 0 Å². The highest BCUT2D eigenvalue weighted by Gasteiger charge is 2.23. The zero-order chi connectivity index (χ0) is 17.6. The van der Waals surface area contributed by atoms with E-state index in [0.717, 1.165) is 5.56 Å². The second kappa shape index (κ2) is 7.76. The van der Waals surface area contributed by atoms with Crippen LogP contribution in [0.25, 0.3) is 0 Å². The second-order valence-electron chi connectivity index (χ2n) is 6.26. The first-order valence-corrected chi connectivity index (χ1v) is 7.51. The number of rotatable bonds is 6. The van der Waals surface area contributed by atoms with Crippen LogP contribution in [0.1, 0.15) is 50.0 Å². The number of primary amides is 1. The Morgan fingerprint density at radius 2 is 1.74 bits per heavy atom. The quantitative estimate of drug-likeness (QED) is 0.776. The number of amides is 2. The number of esters is 1. The Balaban J connectivity index is 2.79. The molecule has 1 atom stereocenters. The molecule has 0 aliphatic heterocycles. The van der Waals surface area contributed by atoms with Gasteiger partial charge in [-0.25, -0.2) is 0 Å². The van der Waals surface area contributed by atoms with Crippen molar-refractivity contribution in [2.24, 2.45) is 5.73 Å². The first-order chi connectivity index (χ1) is 10.6. The zero-order valence-corrected chi connectivity index (χ0v) is 14.0. The third-order valence-electron chi connectivity index (χ3n) is 3.34. The molecule has 1 aromatic carbocycles. The Bertz CT molecular complexity index is 573. The molecule has 0 aliphatic carbocycles. The van der Waals surface area contributed by atoms with Gasteiger partial charge in [0.25, 0.3) is 5.91 Å². The van der Waals surface area contributed by atoms with E-state index in [4.69, 9.17) is 10.5 Å². The van der Waals surface area contributed by atoms with Crippen LogP contribution in [0.5, 0.6) is 0 Å². The summed E-state index contributed by atoms with van der Waals surface area (Å²) >= 11 is 0. The Morgan fingerprint density at radius 3 is 2.17 bits per heavy atom. The van der Waals surface area contributed by atoms with Crippen LogP contribution in [0.3, 0.4) is 0 Å². The standard InChI is InChI=1S/C17H24N2O4/c1-5-23-14(20)10-13(15(18)21)19-16(22)11-6-8-12(9-7-11)17(2,3)4/h6-9,13H,5,10H2,1-4H3,(H2,18,21)(H,19,22)/t13-/m0/s1. The molecule has 0 spiro atoms. The van der Waals surface area contributed by atoms with Crippen molar-refractivity contribution in [2.45, 2.75) is 45.6 Å². The lowest BCUT2D eigenvalue weighted by molar-refractivity contribution is -0.145. The summed E-state index contributed by atoms with van der Waals surface area (Å²) in [6.07, 6.45) is -0.283. The normalized spacial score (nSPS) is 12.3. The molecule has 0 fully saturated rings. The predicted octanol–water partition coefficient (Wildman–Crippen LogP) is 1.52. The van der Waals surface area contributed by atoms with Gasteiger partial charge < -0.3 is 15.8 Å². The first-order valence-electron chi connectivity index (χ1n) is 7.51.